The fourth-order valence-corrected chi connectivity index (χ4v) is 2.81. The van der Waals surface area contributed by atoms with Crippen molar-refractivity contribution in [1.29, 1.82) is 0 Å². The Morgan fingerprint density at radius 1 is 1.31 bits per heavy atom. The molecule has 16 heavy (non-hydrogen) atoms. The highest BCUT2D eigenvalue weighted by Crippen LogP contribution is 2.07. The molecule has 2 rings (SSSR count). The van der Waals surface area contributed by atoms with Gasteiger partial charge in [-0.15, -0.1) is 10.2 Å². The van der Waals surface area contributed by atoms with Gasteiger partial charge < -0.3 is 4.90 Å². The van der Waals surface area contributed by atoms with Crippen molar-refractivity contribution in [3.63, 3.8) is 0 Å². The third kappa shape index (κ3) is 2.35. The van der Waals surface area contributed by atoms with Gasteiger partial charge in [0.2, 0.25) is 0 Å². The van der Waals surface area contributed by atoms with Crippen molar-refractivity contribution in [1.82, 2.24) is 25.5 Å². The van der Waals surface area contributed by atoms with Gasteiger partial charge >= 0.3 is 0 Å². The molecule has 0 radical (unpaired) electrons. The Morgan fingerprint density at radius 2 is 2.12 bits per heavy atom. The number of hydrogen-bond acceptors (Lipinski definition) is 6. The van der Waals surface area contributed by atoms with Crippen LogP contribution in [0.5, 0.6) is 0 Å². The van der Waals surface area contributed by atoms with Crippen LogP contribution in [0.25, 0.3) is 0 Å². The highest BCUT2D eigenvalue weighted by molar-refractivity contribution is 7.91. The zero-order chi connectivity index (χ0) is 11.6. The van der Waals surface area contributed by atoms with E-state index >= 15 is 0 Å². The van der Waals surface area contributed by atoms with Crippen LogP contribution >= 0.6 is 0 Å². The van der Waals surface area contributed by atoms with Gasteiger partial charge in [0.05, 0.1) is 11.5 Å². The largest absolute Gasteiger partial charge is 0.335 e. The van der Waals surface area contributed by atoms with E-state index in [4.69, 9.17) is 0 Å². The average Bonchev–Trinajstić information content (AvgIpc) is 2.69. The first kappa shape index (κ1) is 11.0. The van der Waals surface area contributed by atoms with E-state index in [0.717, 1.165) is 0 Å². The molecule has 1 saturated heterocycles. The lowest BCUT2D eigenvalue weighted by atomic mass is 10.4. The van der Waals surface area contributed by atoms with E-state index in [1.807, 2.05) is 0 Å². The number of H-pyrrole nitrogens is 1. The summed E-state index contributed by atoms with van der Waals surface area (Å²) >= 11 is 0. The molecule has 9 heteroatoms. The number of hydrogen-bond donors (Lipinski definition) is 1. The lowest BCUT2D eigenvalue weighted by Gasteiger charge is -2.16. The van der Waals surface area contributed by atoms with Gasteiger partial charge in [0.25, 0.3) is 11.7 Å². The van der Waals surface area contributed by atoms with Crippen LogP contribution in [0.2, 0.25) is 0 Å². The molecule has 0 spiro atoms. The molecule has 0 aromatic carbocycles. The summed E-state index contributed by atoms with van der Waals surface area (Å²) < 4.78 is 22.7. The molecule has 0 bridgehead atoms. The van der Waals surface area contributed by atoms with Crippen molar-refractivity contribution in [2.45, 2.75) is 6.42 Å². The molecule has 88 valence electrons. The van der Waals surface area contributed by atoms with E-state index in [9.17, 15) is 13.2 Å². The number of carbonyl (C=O) groups excluding carboxylic acids is 1. The first-order valence-electron chi connectivity index (χ1n) is 4.82. The van der Waals surface area contributed by atoms with Crippen molar-refractivity contribution >= 4 is 15.7 Å². The molecule has 1 amide bonds. The first-order valence-corrected chi connectivity index (χ1v) is 6.64. The second-order valence-electron chi connectivity index (χ2n) is 3.53. The summed E-state index contributed by atoms with van der Waals surface area (Å²) in [6, 6.07) is 0. The number of aromatic nitrogens is 4. The normalized spacial score (nSPS) is 20.4. The topological polar surface area (TPSA) is 109 Å². The molecule has 1 aliphatic rings. The zero-order valence-electron chi connectivity index (χ0n) is 8.46. The van der Waals surface area contributed by atoms with Gasteiger partial charge in [0.15, 0.2) is 9.84 Å². The molecular formula is C7H11N5O3S. The molecule has 0 aliphatic carbocycles. The molecule has 0 atom stereocenters. The SMILES string of the molecule is O=C(c1nn[nH]n1)N1CCCS(=O)(=O)CC1. The third-order valence-corrected chi connectivity index (χ3v) is 4.09. The van der Waals surface area contributed by atoms with Gasteiger partial charge in [-0.25, -0.2) is 8.42 Å². The molecule has 0 unspecified atom stereocenters. The Labute approximate surface area is 91.9 Å². The average molecular weight is 245 g/mol. The summed E-state index contributed by atoms with van der Waals surface area (Å²) in [6.07, 6.45) is 0.450. The number of aromatic amines is 1. The van der Waals surface area contributed by atoms with Crippen molar-refractivity contribution in [2.24, 2.45) is 0 Å². The van der Waals surface area contributed by atoms with Gasteiger partial charge in [-0.05, 0) is 11.6 Å². The zero-order valence-corrected chi connectivity index (χ0v) is 9.27. The summed E-state index contributed by atoms with van der Waals surface area (Å²) in [5.74, 6) is -0.287. The van der Waals surface area contributed by atoms with Crippen molar-refractivity contribution in [3.05, 3.63) is 5.82 Å². The van der Waals surface area contributed by atoms with E-state index in [-0.39, 0.29) is 29.8 Å². The summed E-state index contributed by atoms with van der Waals surface area (Å²) in [6.45, 7) is 0.600. The molecule has 1 aliphatic heterocycles. The molecule has 0 saturated carbocycles. The lowest BCUT2D eigenvalue weighted by Crippen LogP contribution is -2.34. The molecule has 1 aromatic rings. The number of carbonyl (C=O) groups is 1. The fraction of sp³-hybridized carbons (Fsp3) is 0.714. The van der Waals surface area contributed by atoms with Crippen molar-refractivity contribution in [2.75, 3.05) is 24.6 Å². The van der Waals surface area contributed by atoms with E-state index in [1.165, 1.54) is 4.90 Å². The molecule has 2 heterocycles. The Morgan fingerprint density at radius 3 is 2.81 bits per heavy atom. The molecule has 1 fully saturated rings. The quantitative estimate of drug-likeness (QED) is 0.642. The van der Waals surface area contributed by atoms with Gasteiger partial charge in [0, 0.05) is 13.1 Å². The Hall–Kier alpha value is -1.51. The minimum atomic E-state index is -3.01. The Kier molecular flexibility index (Phi) is 2.86. The molecule has 1 aromatic heterocycles. The highest BCUT2D eigenvalue weighted by Gasteiger charge is 2.25. The highest BCUT2D eigenvalue weighted by atomic mass is 32.2. The van der Waals surface area contributed by atoms with E-state index in [1.54, 1.807) is 0 Å². The van der Waals surface area contributed by atoms with Crippen LogP contribution in [-0.2, 0) is 9.84 Å². The van der Waals surface area contributed by atoms with Gasteiger partial charge in [-0.1, -0.05) is 0 Å². The number of nitrogens with one attached hydrogen (secondary N) is 1. The van der Waals surface area contributed by atoms with Crippen LogP contribution in [0, 0.1) is 0 Å². The van der Waals surface area contributed by atoms with Gasteiger partial charge in [0.1, 0.15) is 0 Å². The van der Waals surface area contributed by atoms with Gasteiger partial charge in [-0.2, -0.15) is 5.21 Å². The Balaban J connectivity index is 2.09. The molecule has 1 N–H and O–H groups in total. The number of sulfone groups is 1. The minimum absolute atomic E-state index is 0.00338. The lowest BCUT2D eigenvalue weighted by molar-refractivity contribution is 0.0756. The fourth-order valence-electron chi connectivity index (χ4n) is 1.54. The Bertz CT molecular complexity index is 468. The van der Waals surface area contributed by atoms with Crippen molar-refractivity contribution < 1.29 is 13.2 Å². The monoisotopic (exact) mass is 245 g/mol. The van der Waals surface area contributed by atoms with E-state index in [0.29, 0.717) is 13.0 Å². The third-order valence-electron chi connectivity index (χ3n) is 2.38. The predicted molar refractivity (Wildman–Crippen MR) is 53.4 cm³/mol. The maximum atomic E-state index is 11.8. The van der Waals surface area contributed by atoms with E-state index in [2.05, 4.69) is 20.6 Å². The van der Waals surface area contributed by atoms with Crippen LogP contribution < -0.4 is 0 Å². The van der Waals surface area contributed by atoms with Crippen LogP contribution in [0.3, 0.4) is 0 Å². The second-order valence-corrected chi connectivity index (χ2v) is 5.84. The summed E-state index contributed by atoms with van der Waals surface area (Å²) in [5.41, 5.74) is 0. The van der Waals surface area contributed by atoms with Crippen LogP contribution in [0.15, 0.2) is 0 Å². The minimum Gasteiger partial charge on any atom is -0.335 e. The number of amides is 1. The summed E-state index contributed by atoms with van der Waals surface area (Å²) in [4.78, 5) is 13.2. The smallest absolute Gasteiger partial charge is 0.295 e. The number of rotatable bonds is 1. The molecular weight excluding hydrogens is 234 g/mol. The molecule has 8 nitrogen and oxygen atoms in total. The number of tetrazole rings is 1. The van der Waals surface area contributed by atoms with Crippen LogP contribution in [0.1, 0.15) is 17.0 Å². The number of nitrogens with zero attached hydrogens (tertiary/aromatic N) is 4. The predicted octanol–water partition coefficient (Wildman–Crippen LogP) is -1.54. The van der Waals surface area contributed by atoms with Crippen molar-refractivity contribution in [3.8, 4) is 0 Å². The maximum Gasteiger partial charge on any atom is 0.295 e. The second kappa shape index (κ2) is 4.16. The van der Waals surface area contributed by atoms with Gasteiger partial charge in [-0.3, -0.25) is 4.79 Å². The van der Waals surface area contributed by atoms with Crippen LogP contribution in [0.4, 0.5) is 0 Å². The first-order chi connectivity index (χ1) is 7.58. The summed E-state index contributed by atoms with van der Waals surface area (Å²) in [5, 5.41) is 12.6. The standard InChI is InChI=1S/C7H11N5O3S/c13-7(6-8-10-11-9-6)12-2-1-4-16(14,15)5-3-12/h1-5H2,(H,8,9,10,11). The summed E-state index contributed by atoms with van der Waals surface area (Å²) in [7, 11) is -3.01. The maximum absolute atomic E-state index is 11.8. The van der Waals surface area contributed by atoms with E-state index < -0.39 is 9.84 Å². The van der Waals surface area contributed by atoms with Crippen LogP contribution in [-0.4, -0.2) is 64.4 Å².